The quantitative estimate of drug-likeness (QED) is 0.891. The third-order valence-electron chi connectivity index (χ3n) is 3.82. The molecule has 5 nitrogen and oxygen atoms in total. The van der Waals surface area contributed by atoms with Gasteiger partial charge in [-0.25, -0.2) is 9.97 Å². The van der Waals surface area contributed by atoms with Crippen molar-refractivity contribution in [2.24, 2.45) is 0 Å². The normalized spacial score (nSPS) is 17.7. The lowest BCUT2D eigenvalue weighted by Crippen LogP contribution is -2.31. The van der Waals surface area contributed by atoms with Crippen LogP contribution in [0.1, 0.15) is 18.9 Å². The van der Waals surface area contributed by atoms with Gasteiger partial charge >= 0.3 is 0 Å². The Morgan fingerprint density at radius 1 is 1.32 bits per heavy atom. The fourth-order valence-electron chi connectivity index (χ4n) is 2.70. The summed E-state index contributed by atoms with van der Waals surface area (Å²) in [5.41, 5.74) is 7.98. The molecular weight excluding hydrogens is 238 g/mol. The number of nitrogen functional groups attached to an aromatic ring is 1. The van der Waals surface area contributed by atoms with Gasteiger partial charge in [0.05, 0.1) is 18.2 Å². The summed E-state index contributed by atoms with van der Waals surface area (Å²) >= 11 is 0. The Bertz CT molecular complexity index is 554. The molecule has 1 aliphatic rings. The number of anilines is 1. The van der Waals surface area contributed by atoms with Gasteiger partial charge in [0.1, 0.15) is 5.82 Å². The van der Waals surface area contributed by atoms with Crippen molar-refractivity contribution in [1.29, 1.82) is 0 Å². The van der Waals surface area contributed by atoms with Crippen LogP contribution in [-0.4, -0.2) is 39.6 Å². The predicted molar refractivity (Wildman–Crippen MR) is 75.6 cm³/mol. The third kappa shape index (κ3) is 2.46. The van der Waals surface area contributed by atoms with Gasteiger partial charge in [-0.15, -0.1) is 0 Å². The second-order valence-corrected chi connectivity index (χ2v) is 5.19. The Morgan fingerprint density at radius 2 is 2.11 bits per heavy atom. The summed E-state index contributed by atoms with van der Waals surface area (Å²) in [4.78, 5) is 10.7. The van der Waals surface area contributed by atoms with Crippen LogP contribution in [0, 0.1) is 0 Å². The smallest absolute Gasteiger partial charge is 0.123 e. The number of hydrogen-bond acceptors (Lipinski definition) is 4. The molecule has 3 heterocycles. The van der Waals surface area contributed by atoms with Gasteiger partial charge in [0, 0.05) is 17.8 Å². The van der Waals surface area contributed by atoms with Gasteiger partial charge in [0.2, 0.25) is 0 Å². The highest BCUT2D eigenvalue weighted by Crippen LogP contribution is 2.28. The first-order valence-electron chi connectivity index (χ1n) is 6.66. The molecule has 5 heteroatoms. The zero-order valence-corrected chi connectivity index (χ0v) is 11.2. The lowest BCUT2D eigenvalue weighted by molar-refractivity contribution is 0.222. The molecule has 0 radical (unpaired) electrons. The van der Waals surface area contributed by atoms with Crippen LogP contribution in [0.5, 0.6) is 0 Å². The monoisotopic (exact) mass is 257 g/mol. The molecule has 2 aromatic heterocycles. The van der Waals surface area contributed by atoms with E-state index in [2.05, 4.69) is 26.5 Å². The van der Waals surface area contributed by atoms with E-state index in [0.29, 0.717) is 11.9 Å². The van der Waals surface area contributed by atoms with Crippen LogP contribution < -0.4 is 5.73 Å². The average molecular weight is 257 g/mol. The van der Waals surface area contributed by atoms with Gasteiger partial charge in [0.25, 0.3) is 0 Å². The zero-order chi connectivity index (χ0) is 13.2. The molecule has 1 fully saturated rings. The molecule has 2 aromatic rings. The van der Waals surface area contributed by atoms with Crippen LogP contribution in [0.15, 0.2) is 30.9 Å². The molecule has 2 N–H and O–H groups in total. The number of aromatic nitrogens is 3. The number of imidazole rings is 1. The summed E-state index contributed by atoms with van der Waals surface area (Å²) in [5, 5.41) is 0. The standard InChI is InChI=1S/C14H19N5/c1-18-6-3-12(4-7-18)19-10-16-9-13(19)11-2-5-17-14(15)8-11/h2,5,8-10,12H,3-4,6-7H2,1H3,(H2,15,17). The van der Waals surface area contributed by atoms with E-state index in [-0.39, 0.29) is 0 Å². The highest BCUT2D eigenvalue weighted by molar-refractivity contribution is 5.61. The van der Waals surface area contributed by atoms with Crippen molar-refractivity contribution < 1.29 is 0 Å². The maximum Gasteiger partial charge on any atom is 0.123 e. The van der Waals surface area contributed by atoms with Crippen LogP contribution in [0.2, 0.25) is 0 Å². The van der Waals surface area contributed by atoms with E-state index in [4.69, 9.17) is 5.73 Å². The van der Waals surface area contributed by atoms with Crippen molar-refractivity contribution >= 4 is 5.82 Å². The van der Waals surface area contributed by atoms with Crippen molar-refractivity contribution in [2.45, 2.75) is 18.9 Å². The number of pyridine rings is 1. The second-order valence-electron chi connectivity index (χ2n) is 5.19. The second kappa shape index (κ2) is 5.01. The van der Waals surface area contributed by atoms with Crippen molar-refractivity contribution in [3.8, 4) is 11.3 Å². The van der Waals surface area contributed by atoms with E-state index in [0.717, 1.165) is 24.3 Å². The topological polar surface area (TPSA) is 60.0 Å². The number of nitrogens with two attached hydrogens (primary N) is 1. The molecule has 1 aliphatic heterocycles. The van der Waals surface area contributed by atoms with Crippen LogP contribution in [0.3, 0.4) is 0 Å². The SMILES string of the molecule is CN1CCC(n2cncc2-c2ccnc(N)c2)CC1. The molecule has 100 valence electrons. The molecular formula is C14H19N5. The maximum atomic E-state index is 5.76. The molecule has 0 spiro atoms. The Labute approximate surface area is 113 Å². The van der Waals surface area contributed by atoms with E-state index < -0.39 is 0 Å². The summed E-state index contributed by atoms with van der Waals surface area (Å²) in [7, 11) is 2.18. The van der Waals surface area contributed by atoms with Gasteiger partial charge in [-0.05, 0) is 45.1 Å². The van der Waals surface area contributed by atoms with Gasteiger partial charge in [-0.2, -0.15) is 0 Å². The minimum atomic E-state index is 0.531. The van der Waals surface area contributed by atoms with Crippen molar-refractivity contribution in [3.05, 3.63) is 30.9 Å². The first kappa shape index (κ1) is 12.2. The molecule has 0 unspecified atom stereocenters. The Hall–Kier alpha value is -1.88. The number of hydrogen-bond donors (Lipinski definition) is 1. The first-order valence-corrected chi connectivity index (χ1v) is 6.66. The fraction of sp³-hybridized carbons (Fsp3) is 0.429. The summed E-state index contributed by atoms with van der Waals surface area (Å²) in [5.74, 6) is 0.550. The lowest BCUT2D eigenvalue weighted by Gasteiger charge is -2.30. The zero-order valence-electron chi connectivity index (χ0n) is 11.2. The van der Waals surface area contributed by atoms with E-state index in [9.17, 15) is 0 Å². The van der Waals surface area contributed by atoms with Crippen LogP contribution >= 0.6 is 0 Å². The Balaban J connectivity index is 1.90. The van der Waals surface area contributed by atoms with E-state index in [1.807, 2.05) is 24.7 Å². The molecule has 0 bridgehead atoms. The van der Waals surface area contributed by atoms with Crippen LogP contribution in [-0.2, 0) is 0 Å². The average Bonchev–Trinajstić information content (AvgIpc) is 2.89. The molecule has 0 aromatic carbocycles. The Morgan fingerprint density at radius 3 is 2.84 bits per heavy atom. The van der Waals surface area contributed by atoms with E-state index in [1.165, 1.54) is 12.8 Å². The third-order valence-corrected chi connectivity index (χ3v) is 3.82. The van der Waals surface area contributed by atoms with Crippen LogP contribution in [0.4, 0.5) is 5.82 Å². The lowest BCUT2D eigenvalue weighted by atomic mass is 10.0. The summed E-state index contributed by atoms with van der Waals surface area (Å²) in [6.45, 7) is 2.28. The van der Waals surface area contributed by atoms with E-state index >= 15 is 0 Å². The minimum absolute atomic E-state index is 0.531. The molecule has 0 atom stereocenters. The van der Waals surface area contributed by atoms with Gasteiger partial charge in [-0.1, -0.05) is 0 Å². The number of piperidine rings is 1. The Kier molecular flexibility index (Phi) is 3.21. The van der Waals surface area contributed by atoms with Crippen molar-refractivity contribution in [2.75, 3.05) is 25.9 Å². The maximum absolute atomic E-state index is 5.76. The van der Waals surface area contributed by atoms with Gasteiger partial charge in [-0.3, -0.25) is 0 Å². The van der Waals surface area contributed by atoms with Gasteiger partial charge in [0.15, 0.2) is 0 Å². The fourth-order valence-corrected chi connectivity index (χ4v) is 2.70. The van der Waals surface area contributed by atoms with Crippen molar-refractivity contribution in [3.63, 3.8) is 0 Å². The number of nitrogens with zero attached hydrogens (tertiary/aromatic N) is 4. The summed E-state index contributed by atoms with van der Waals surface area (Å²) < 4.78 is 2.28. The molecule has 0 saturated carbocycles. The summed E-state index contributed by atoms with van der Waals surface area (Å²) in [6.07, 6.45) is 7.92. The number of likely N-dealkylation sites (tertiary alicyclic amines) is 1. The highest BCUT2D eigenvalue weighted by atomic mass is 15.1. The van der Waals surface area contributed by atoms with Gasteiger partial charge < -0.3 is 15.2 Å². The van der Waals surface area contributed by atoms with Crippen LogP contribution in [0.25, 0.3) is 11.3 Å². The van der Waals surface area contributed by atoms with Crippen molar-refractivity contribution in [1.82, 2.24) is 19.4 Å². The minimum Gasteiger partial charge on any atom is -0.384 e. The molecule has 19 heavy (non-hydrogen) atoms. The molecule has 3 rings (SSSR count). The molecule has 0 aliphatic carbocycles. The van der Waals surface area contributed by atoms with E-state index in [1.54, 1.807) is 6.20 Å². The largest absolute Gasteiger partial charge is 0.384 e. The highest BCUT2D eigenvalue weighted by Gasteiger charge is 2.20. The number of rotatable bonds is 2. The molecule has 0 amide bonds. The summed E-state index contributed by atoms with van der Waals surface area (Å²) in [6, 6.07) is 4.42. The predicted octanol–water partition coefficient (Wildman–Crippen LogP) is 1.79. The first-order chi connectivity index (χ1) is 9.24. The molecule has 1 saturated heterocycles.